The molecule has 6 heteroatoms. The van der Waals surface area contributed by atoms with Gasteiger partial charge in [-0.25, -0.2) is 9.78 Å². The zero-order valence-electron chi connectivity index (χ0n) is 17.1. The fourth-order valence-electron chi connectivity index (χ4n) is 3.35. The van der Waals surface area contributed by atoms with E-state index in [1.54, 1.807) is 7.05 Å². The van der Waals surface area contributed by atoms with Crippen LogP contribution < -0.4 is 10.2 Å². The maximum atomic E-state index is 12.5. The number of fused-ring (bicyclic) bond motifs is 1. The zero-order chi connectivity index (χ0) is 20.5. The minimum Gasteiger partial charge on any atom is -0.455 e. The molecule has 0 atom stereocenters. The molecule has 0 unspecified atom stereocenters. The largest absolute Gasteiger partial charge is 0.455 e. The van der Waals surface area contributed by atoms with E-state index in [0.717, 1.165) is 24.1 Å². The summed E-state index contributed by atoms with van der Waals surface area (Å²) in [6.07, 6.45) is 0.817. The first-order chi connectivity index (χ1) is 13.2. The summed E-state index contributed by atoms with van der Waals surface area (Å²) < 4.78 is 5.50. The van der Waals surface area contributed by atoms with E-state index in [9.17, 15) is 9.59 Å². The Morgan fingerprint density at radius 3 is 2.61 bits per heavy atom. The number of esters is 1. The molecule has 0 saturated heterocycles. The van der Waals surface area contributed by atoms with Crippen LogP contribution in [0.4, 0.5) is 5.82 Å². The van der Waals surface area contributed by atoms with E-state index in [4.69, 9.17) is 4.74 Å². The molecule has 6 nitrogen and oxygen atoms in total. The van der Waals surface area contributed by atoms with Crippen LogP contribution in [0.5, 0.6) is 0 Å². The normalized spacial score (nSPS) is 13.7. The van der Waals surface area contributed by atoms with Crippen molar-refractivity contribution in [3.05, 3.63) is 58.3 Å². The average molecular weight is 381 g/mol. The van der Waals surface area contributed by atoms with Crippen LogP contribution in [0.15, 0.2) is 30.3 Å². The Bertz CT molecular complexity index is 916. The van der Waals surface area contributed by atoms with Crippen molar-refractivity contribution in [2.75, 3.05) is 18.5 Å². The van der Waals surface area contributed by atoms with E-state index in [-0.39, 0.29) is 5.91 Å². The van der Waals surface area contributed by atoms with Crippen molar-refractivity contribution in [1.29, 1.82) is 0 Å². The van der Waals surface area contributed by atoms with Gasteiger partial charge in [0, 0.05) is 25.7 Å². The Balaban J connectivity index is 1.91. The first kappa shape index (κ1) is 19.9. The number of anilines is 1. The number of carbonyl (C=O) groups excluding carboxylic acids is 2. The number of aromatic nitrogens is 1. The van der Waals surface area contributed by atoms with Crippen molar-refractivity contribution in [3.63, 3.8) is 0 Å². The summed E-state index contributed by atoms with van der Waals surface area (Å²) in [5.74, 6) is 0.198. The van der Waals surface area contributed by atoms with Gasteiger partial charge in [-0.3, -0.25) is 4.79 Å². The van der Waals surface area contributed by atoms with Crippen LogP contribution >= 0.6 is 0 Å². The van der Waals surface area contributed by atoms with E-state index in [1.165, 1.54) is 5.56 Å². The summed E-state index contributed by atoms with van der Waals surface area (Å²) in [6.45, 7) is 8.71. The van der Waals surface area contributed by atoms with Crippen LogP contribution in [-0.4, -0.2) is 36.1 Å². The lowest BCUT2D eigenvalue weighted by atomic mass is 9.94. The Morgan fingerprint density at radius 2 is 1.93 bits per heavy atom. The third-order valence-corrected chi connectivity index (χ3v) is 4.74. The molecule has 0 bridgehead atoms. The SMILES string of the molecule is CNC(=O)c1cccc2c1CN(c1ccc(C)c(C(=O)OC(C)(C)C)n1)CC2. The van der Waals surface area contributed by atoms with Crippen molar-refractivity contribution in [3.8, 4) is 0 Å². The van der Waals surface area contributed by atoms with Crippen LogP contribution in [-0.2, 0) is 17.7 Å². The number of benzene rings is 1. The van der Waals surface area contributed by atoms with Gasteiger partial charge in [0.1, 0.15) is 11.4 Å². The summed E-state index contributed by atoms with van der Waals surface area (Å²) in [7, 11) is 1.64. The lowest BCUT2D eigenvalue weighted by molar-refractivity contribution is 0.00620. The molecular weight excluding hydrogens is 354 g/mol. The minimum absolute atomic E-state index is 0.0926. The van der Waals surface area contributed by atoms with Gasteiger partial charge in [0.2, 0.25) is 0 Å². The number of hydrogen-bond donors (Lipinski definition) is 1. The second-order valence-electron chi connectivity index (χ2n) is 8.03. The smallest absolute Gasteiger partial charge is 0.357 e. The summed E-state index contributed by atoms with van der Waals surface area (Å²) >= 11 is 0. The number of amides is 1. The zero-order valence-corrected chi connectivity index (χ0v) is 17.1. The molecule has 1 aliphatic rings. The summed E-state index contributed by atoms with van der Waals surface area (Å²) in [4.78, 5) is 31.5. The molecule has 0 spiro atoms. The van der Waals surface area contributed by atoms with E-state index in [0.29, 0.717) is 23.6 Å². The summed E-state index contributed by atoms with van der Waals surface area (Å²) in [5.41, 5.74) is 3.41. The highest BCUT2D eigenvalue weighted by molar-refractivity contribution is 5.96. The van der Waals surface area contributed by atoms with Gasteiger partial charge in [-0.1, -0.05) is 18.2 Å². The number of rotatable bonds is 3. The molecule has 0 radical (unpaired) electrons. The van der Waals surface area contributed by atoms with E-state index in [2.05, 4.69) is 21.3 Å². The molecule has 0 saturated carbocycles. The number of ether oxygens (including phenoxy) is 1. The van der Waals surface area contributed by atoms with Crippen molar-refractivity contribution in [2.24, 2.45) is 0 Å². The molecule has 28 heavy (non-hydrogen) atoms. The van der Waals surface area contributed by atoms with Crippen molar-refractivity contribution in [2.45, 2.75) is 46.3 Å². The molecular formula is C22H27N3O3. The molecule has 2 heterocycles. The van der Waals surface area contributed by atoms with E-state index >= 15 is 0 Å². The quantitative estimate of drug-likeness (QED) is 0.826. The maximum absolute atomic E-state index is 12.5. The standard InChI is InChI=1S/C22H27N3O3/c1-14-9-10-18(24-19(14)21(27)28-22(2,3)4)25-12-11-15-7-6-8-16(17(15)13-25)20(26)23-5/h6-10H,11-13H2,1-5H3,(H,23,26). The van der Waals surface area contributed by atoms with Crippen LogP contribution in [0.25, 0.3) is 0 Å². The molecule has 148 valence electrons. The summed E-state index contributed by atoms with van der Waals surface area (Å²) in [6, 6.07) is 9.63. The number of nitrogens with zero attached hydrogens (tertiary/aromatic N) is 2. The average Bonchev–Trinajstić information content (AvgIpc) is 2.65. The third kappa shape index (κ3) is 4.16. The number of carbonyl (C=O) groups is 2. The van der Waals surface area contributed by atoms with Crippen LogP contribution in [0.3, 0.4) is 0 Å². The Labute approximate surface area is 165 Å². The first-order valence-corrected chi connectivity index (χ1v) is 9.48. The van der Waals surface area contributed by atoms with Gasteiger partial charge in [0.05, 0.1) is 0 Å². The third-order valence-electron chi connectivity index (χ3n) is 4.74. The van der Waals surface area contributed by atoms with E-state index in [1.807, 2.05) is 52.0 Å². The molecule has 1 N–H and O–H groups in total. The van der Waals surface area contributed by atoms with Crippen LogP contribution in [0.2, 0.25) is 0 Å². The molecule has 0 fully saturated rings. The second-order valence-corrected chi connectivity index (χ2v) is 8.03. The highest BCUT2D eigenvalue weighted by Gasteiger charge is 2.25. The summed E-state index contributed by atoms with van der Waals surface area (Å²) in [5, 5.41) is 2.70. The topological polar surface area (TPSA) is 71.5 Å². The monoisotopic (exact) mass is 381 g/mol. The molecule has 1 aromatic heterocycles. The van der Waals surface area contributed by atoms with Crippen molar-refractivity contribution >= 4 is 17.7 Å². The van der Waals surface area contributed by atoms with Gasteiger partial charge in [-0.2, -0.15) is 0 Å². The van der Waals surface area contributed by atoms with Gasteiger partial charge in [0.15, 0.2) is 5.69 Å². The fraction of sp³-hybridized carbons (Fsp3) is 0.409. The minimum atomic E-state index is -0.576. The molecule has 3 rings (SSSR count). The van der Waals surface area contributed by atoms with Crippen LogP contribution in [0, 0.1) is 6.92 Å². The van der Waals surface area contributed by atoms with E-state index < -0.39 is 11.6 Å². The first-order valence-electron chi connectivity index (χ1n) is 9.48. The highest BCUT2D eigenvalue weighted by Crippen LogP contribution is 2.27. The molecule has 1 aromatic carbocycles. The number of nitrogens with one attached hydrogen (secondary N) is 1. The van der Waals surface area contributed by atoms with Gasteiger partial charge in [0.25, 0.3) is 5.91 Å². The van der Waals surface area contributed by atoms with Crippen molar-refractivity contribution < 1.29 is 14.3 Å². The van der Waals surface area contributed by atoms with Gasteiger partial charge < -0.3 is 15.0 Å². The van der Waals surface area contributed by atoms with Crippen LogP contribution in [0.1, 0.15) is 58.3 Å². The lowest BCUT2D eigenvalue weighted by Crippen LogP contribution is -2.34. The Hall–Kier alpha value is -2.89. The maximum Gasteiger partial charge on any atom is 0.357 e. The molecule has 0 aliphatic carbocycles. The van der Waals surface area contributed by atoms with Gasteiger partial charge in [-0.05, 0) is 62.9 Å². The predicted molar refractivity (Wildman–Crippen MR) is 109 cm³/mol. The molecule has 2 aromatic rings. The number of aryl methyl sites for hydroxylation is 1. The van der Waals surface area contributed by atoms with Gasteiger partial charge >= 0.3 is 5.97 Å². The Kier molecular flexibility index (Phi) is 5.40. The van der Waals surface area contributed by atoms with Gasteiger partial charge in [-0.15, -0.1) is 0 Å². The molecule has 1 amide bonds. The predicted octanol–water partition coefficient (Wildman–Crippen LogP) is 3.27. The Morgan fingerprint density at radius 1 is 1.18 bits per heavy atom. The molecule has 1 aliphatic heterocycles. The number of pyridine rings is 1. The lowest BCUT2D eigenvalue weighted by Gasteiger charge is -2.31. The van der Waals surface area contributed by atoms with Crippen molar-refractivity contribution in [1.82, 2.24) is 10.3 Å². The highest BCUT2D eigenvalue weighted by atomic mass is 16.6. The second kappa shape index (κ2) is 7.62. The fourth-order valence-corrected chi connectivity index (χ4v) is 3.35. The number of hydrogen-bond acceptors (Lipinski definition) is 5.